The van der Waals surface area contributed by atoms with E-state index in [4.69, 9.17) is 0 Å². The Labute approximate surface area is 184 Å². The molecule has 0 atom stereocenters. The van der Waals surface area contributed by atoms with Crippen LogP contribution >= 0.6 is 0 Å². The van der Waals surface area contributed by atoms with Gasteiger partial charge in [-0.15, -0.1) is 0 Å². The summed E-state index contributed by atoms with van der Waals surface area (Å²) in [5, 5.41) is 22.8. The molecule has 166 valence electrons. The lowest BCUT2D eigenvalue weighted by atomic mass is 9.75. The van der Waals surface area contributed by atoms with Crippen LogP contribution in [0.25, 0.3) is 0 Å². The zero-order valence-electron chi connectivity index (χ0n) is 20.6. The van der Waals surface area contributed by atoms with Gasteiger partial charge in [0.2, 0.25) is 0 Å². The average Bonchev–Trinajstić information content (AvgIpc) is 2.59. The van der Waals surface area contributed by atoms with Crippen molar-refractivity contribution in [3.8, 4) is 11.5 Å². The van der Waals surface area contributed by atoms with Gasteiger partial charge in [-0.3, -0.25) is 0 Å². The molecule has 2 aromatic carbocycles. The van der Waals surface area contributed by atoms with Crippen LogP contribution in [0.3, 0.4) is 0 Å². The minimum Gasteiger partial charge on any atom is -0.507 e. The van der Waals surface area contributed by atoms with Crippen LogP contribution in [0.15, 0.2) is 24.3 Å². The standard InChI is InChI=1S/C28H42O2/c1-10-11-12-13-20(23-18(2)14-16-21(25(23)29)27(4,5)6)24-19(3)15-17-22(26(24)30)28(7,8)9/h14-17,20,29-30H,10-13H2,1-9H3. The molecule has 0 unspecified atom stereocenters. The second-order valence-corrected chi connectivity index (χ2v) is 10.9. The number of rotatable bonds is 6. The van der Waals surface area contributed by atoms with Gasteiger partial charge in [0.15, 0.2) is 0 Å². The number of aryl methyl sites for hydroxylation is 2. The highest BCUT2D eigenvalue weighted by molar-refractivity contribution is 5.58. The van der Waals surface area contributed by atoms with Crippen LogP contribution in [-0.4, -0.2) is 10.2 Å². The first-order valence-corrected chi connectivity index (χ1v) is 11.5. The summed E-state index contributed by atoms with van der Waals surface area (Å²) < 4.78 is 0. The van der Waals surface area contributed by atoms with Gasteiger partial charge >= 0.3 is 0 Å². The Kier molecular flexibility index (Phi) is 7.32. The largest absolute Gasteiger partial charge is 0.507 e. The van der Waals surface area contributed by atoms with Crippen molar-refractivity contribution in [2.75, 3.05) is 0 Å². The maximum Gasteiger partial charge on any atom is 0.123 e. The molecular weight excluding hydrogens is 368 g/mol. The van der Waals surface area contributed by atoms with Crippen LogP contribution < -0.4 is 0 Å². The molecule has 0 bridgehead atoms. The Balaban J connectivity index is 2.80. The maximum absolute atomic E-state index is 11.4. The summed E-state index contributed by atoms with van der Waals surface area (Å²) in [6.45, 7) is 19.2. The SMILES string of the molecule is CCCCCC(c1c(C)ccc(C(C)(C)C)c1O)c1c(C)ccc(C(C)(C)C)c1O. The fourth-order valence-corrected chi connectivity index (χ4v) is 4.54. The summed E-state index contributed by atoms with van der Waals surface area (Å²) in [7, 11) is 0. The Morgan fingerprint density at radius 2 is 1.10 bits per heavy atom. The molecule has 2 nitrogen and oxygen atoms in total. The van der Waals surface area contributed by atoms with Gasteiger partial charge in [0.1, 0.15) is 11.5 Å². The van der Waals surface area contributed by atoms with Gasteiger partial charge in [-0.1, -0.05) is 92.0 Å². The molecule has 0 spiro atoms. The summed E-state index contributed by atoms with van der Waals surface area (Å²) >= 11 is 0. The molecule has 0 aliphatic heterocycles. The van der Waals surface area contributed by atoms with Gasteiger partial charge in [0.05, 0.1) is 0 Å². The molecule has 0 fully saturated rings. The Morgan fingerprint density at radius 3 is 1.43 bits per heavy atom. The zero-order chi connectivity index (χ0) is 22.9. The highest BCUT2D eigenvalue weighted by atomic mass is 16.3. The fourth-order valence-electron chi connectivity index (χ4n) is 4.54. The molecule has 0 aromatic heterocycles. The van der Waals surface area contributed by atoms with E-state index in [-0.39, 0.29) is 16.7 Å². The summed E-state index contributed by atoms with van der Waals surface area (Å²) in [6, 6.07) is 8.36. The van der Waals surface area contributed by atoms with Crippen molar-refractivity contribution in [1.29, 1.82) is 0 Å². The number of aromatic hydroxyl groups is 2. The minimum atomic E-state index is -0.148. The summed E-state index contributed by atoms with van der Waals surface area (Å²) in [5.74, 6) is 0.758. The van der Waals surface area contributed by atoms with Crippen molar-refractivity contribution in [3.63, 3.8) is 0 Å². The zero-order valence-corrected chi connectivity index (χ0v) is 20.6. The topological polar surface area (TPSA) is 40.5 Å². The van der Waals surface area contributed by atoms with E-state index in [1.165, 1.54) is 0 Å². The number of hydrogen-bond acceptors (Lipinski definition) is 2. The first-order chi connectivity index (χ1) is 13.8. The molecule has 0 amide bonds. The smallest absolute Gasteiger partial charge is 0.123 e. The number of phenols is 2. The quantitative estimate of drug-likeness (QED) is 0.473. The van der Waals surface area contributed by atoms with E-state index in [1.54, 1.807) is 0 Å². The molecule has 2 N–H and O–H groups in total. The van der Waals surface area contributed by atoms with Crippen LogP contribution in [0.2, 0.25) is 0 Å². The molecule has 2 aromatic rings. The third-order valence-corrected chi connectivity index (χ3v) is 6.28. The van der Waals surface area contributed by atoms with Crippen molar-refractivity contribution in [3.05, 3.63) is 57.6 Å². The molecule has 0 heterocycles. The first kappa shape index (κ1) is 24.3. The van der Waals surface area contributed by atoms with E-state index in [1.807, 2.05) is 0 Å². The van der Waals surface area contributed by atoms with Gasteiger partial charge in [-0.2, -0.15) is 0 Å². The van der Waals surface area contributed by atoms with E-state index in [0.717, 1.165) is 59.1 Å². The molecule has 2 heteroatoms. The lowest BCUT2D eigenvalue weighted by Gasteiger charge is -2.30. The third-order valence-electron chi connectivity index (χ3n) is 6.28. The third kappa shape index (κ3) is 5.02. The van der Waals surface area contributed by atoms with Crippen LogP contribution in [0.5, 0.6) is 11.5 Å². The predicted molar refractivity (Wildman–Crippen MR) is 129 cm³/mol. The van der Waals surface area contributed by atoms with Crippen molar-refractivity contribution in [2.24, 2.45) is 0 Å². The number of benzene rings is 2. The van der Waals surface area contributed by atoms with Crippen LogP contribution in [0.4, 0.5) is 0 Å². The lowest BCUT2D eigenvalue weighted by Crippen LogP contribution is -2.16. The Morgan fingerprint density at radius 1 is 0.700 bits per heavy atom. The normalized spacial score (nSPS) is 12.6. The molecule has 0 saturated carbocycles. The average molecular weight is 411 g/mol. The van der Waals surface area contributed by atoms with Gasteiger partial charge in [0.25, 0.3) is 0 Å². The van der Waals surface area contributed by atoms with Crippen LogP contribution in [0, 0.1) is 13.8 Å². The number of phenolic OH excluding ortho intramolecular Hbond substituents is 2. The molecule has 0 radical (unpaired) electrons. The van der Waals surface area contributed by atoms with E-state index in [0.29, 0.717) is 11.5 Å². The van der Waals surface area contributed by atoms with Crippen LogP contribution in [0.1, 0.15) is 113 Å². The summed E-state index contributed by atoms with van der Waals surface area (Å²) in [6.07, 6.45) is 4.27. The summed E-state index contributed by atoms with van der Waals surface area (Å²) in [5.41, 5.74) is 5.76. The highest BCUT2D eigenvalue weighted by Gasteiger charge is 2.30. The Hall–Kier alpha value is -1.96. The molecule has 0 saturated heterocycles. The minimum absolute atomic E-state index is 0.0267. The van der Waals surface area contributed by atoms with Crippen molar-refractivity contribution in [1.82, 2.24) is 0 Å². The highest BCUT2D eigenvalue weighted by Crippen LogP contribution is 2.47. The fraction of sp³-hybridized carbons (Fsp3) is 0.571. The Bertz CT molecular complexity index is 809. The molecule has 0 aliphatic rings. The first-order valence-electron chi connectivity index (χ1n) is 11.5. The monoisotopic (exact) mass is 410 g/mol. The van der Waals surface area contributed by atoms with Crippen molar-refractivity contribution >= 4 is 0 Å². The van der Waals surface area contributed by atoms with Crippen LogP contribution in [-0.2, 0) is 10.8 Å². The summed E-state index contributed by atoms with van der Waals surface area (Å²) in [4.78, 5) is 0. The van der Waals surface area contributed by atoms with Gasteiger partial charge in [-0.25, -0.2) is 0 Å². The second kappa shape index (κ2) is 9.04. The molecule has 2 rings (SSSR count). The molecule has 30 heavy (non-hydrogen) atoms. The van der Waals surface area contributed by atoms with E-state index in [2.05, 4.69) is 86.6 Å². The molecule has 0 aliphatic carbocycles. The van der Waals surface area contributed by atoms with E-state index >= 15 is 0 Å². The van der Waals surface area contributed by atoms with Crippen molar-refractivity contribution in [2.45, 2.75) is 105 Å². The van der Waals surface area contributed by atoms with Gasteiger partial charge in [-0.05, 0) is 53.4 Å². The maximum atomic E-state index is 11.4. The van der Waals surface area contributed by atoms with Crippen molar-refractivity contribution < 1.29 is 10.2 Å². The predicted octanol–water partition coefficient (Wildman–Crippen LogP) is 8.02. The van der Waals surface area contributed by atoms with Gasteiger partial charge in [0, 0.05) is 17.0 Å². The molecular formula is C28H42O2. The van der Waals surface area contributed by atoms with E-state index in [9.17, 15) is 10.2 Å². The second-order valence-electron chi connectivity index (χ2n) is 10.9. The lowest BCUT2D eigenvalue weighted by molar-refractivity contribution is 0.422. The number of unbranched alkanes of at least 4 members (excludes halogenated alkanes) is 2. The van der Waals surface area contributed by atoms with E-state index < -0.39 is 0 Å². The van der Waals surface area contributed by atoms with Gasteiger partial charge < -0.3 is 10.2 Å². The number of hydrogen-bond donors (Lipinski definition) is 2.